The van der Waals surface area contributed by atoms with Crippen molar-refractivity contribution in [2.24, 2.45) is 5.41 Å². The van der Waals surface area contributed by atoms with Crippen LogP contribution >= 0.6 is 0 Å². The molecule has 128 valence electrons. The molecule has 0 aromatic heterocycles. The minimum Gasteiger partial charge on any atom is -0.396 e. The first-order valence-corrected chi connectivity index (χ1v) is 4.71. The molecule has 0 radical (unpaired) electrons. The Hall–Kier alpha value is -2.52. The molecule has 0 spiro atoms. The van der Waals surface area contributed by atoms with Gasteiger partial charge in [0, 0.05) is 5.41 Å². The standard InChI is InChI=1S/C6H14O3.3NO3/c1-2-6(3-7,4-8)5-9;3*2-1(3)4/h7-9H,2-5H2,1H3;;;/q;3*-1. The van der Waals surface area contributed by atoms with Gasteiger partial charge in [0.15, 0.2) is 0 Å². The molecule has 0 aliphatic heterocycles. The Morgan fingerprint density at radius 3 is 0.857 bits per heavy atom. The van der Waals surface area contributed by atoms with Crippen LogP contribution in [-0.2, 0) is 0 Å². The van der Waals surface area contributed by atoms with Crippen molar-refractivity contribution < 1.29 is 30.6 Å². The van der Waals surface area contributed by atoms with E-state index in [1.54, 1.807) is 0 Å². The molecule has 0 aromatic rings. The van der Waals surface area contributed by atoms with Crippen molar-refractivity contribution in [1.29, 1.82) is 0 Å². The summed E-state index contributed by atoms with van der Waals surface area (Å²) < 4.78 is 0. The largest absolute Gasteiger partial charge is 0.396 e. The van der Waals surface area contributed by atoms with E-state index in [4.69, 9.17) is 61.3 Å². The lowest BCUT2D eigenvalue weighted by atomic mass is 9.88. The van der Waals surface area contributed by atoms with Gasteiger partial charge >= 0.3 is 0 Å². The van der Waals surface area contributed by atoms with Crippen molar-refractivity contribution in [2.75, 3.05) is 19.8 Å². The predicted octanol–water partition coefficient (Wildman–Crippen LogP) is -1.36. The fourth-order valence-corrected chi connectivity index (χ4v) is 0.485. The molecule has 3 N–H and O–H groups in total. The zero-order valence-electron chi connectivity index (χ0n) is 10.7. The first kappa shape index (κ1) is 26.9. The van der Waals surface area contributed by atoms with Gasteiger partial charge in [0.1, 0.15) is 0 Å². The van der Waals surface area contributed by atoms with E-state index >= 15 is 0 Å². The van der Waals surface area contributed by atoms with Crippen LogP contribution in [0.3, 0.4) is 0 Å². The molecule has 0 unspecified atom stereocenters. The maximum atomic E-state index is 8.66. The van der Waals surface area contributed by atoms with E-state index in [1.165, 1.54) is 0 Å². The lowest BCUT2D eigenvalue weighted by molar-refractivity contribution is -0.403. The Morgan fingerprint density at radius 2 is 0.857 bits per heavy atom. The van der Waals surface area contributed by atoms with Crippen LogP contribution in [-0.4, -0.2) is 50.4 Å². The average molecular weight is 320 g/mol. The van der Waals surface area contributed by atoms with E-state index in [-0.39, 0.29) is 19.8 Å². The second-order valence-electron chi connectivity index (χ2n) is 3.00. The summed E-state index contributed by atoms with van der Waals surface area (Å²) in [6.07, 6.45) is 0.594. The lowest BCUT2D eigenvalue weighted by Gasteiger charge is -2.24. The number of hydrogen-bond acceptors (Lipinski definition) is 12. The zero-order chi connectivity index (χ0) is 18.1. The number of rotatable bonds is 4. The van der Waals surface area contributed by atoms with Crippen LogP contribution in [0.5, 0.6) is 0 Å². The number of hydrogen-bond donors (Lipinski definition) is 3. The van der Waals surface area contributed by atoms with E-state index in [2.05, 4.69) is 0 Å². The lowest BCUT2D eigenvalue weighted by Crippen LogP contribution is -2.32. The number of nitrogens with zero attached hydrogens (tertiary/aromatic N) is 3. The summed E-state index contributed by atoms with van der Waals surface area (Å²) in [5.74, 6) is 0. The third-order valence-corrected chi connectivity index (χ3v) is 1.76. The molecule has 0 aliphatic rings. The van der Waals surface area contributed by atoms with E-state index < -0.39 is 20.7 Å². The second-order valence-corrected chi connectivity index (χ2v) is 3.00. The predicted molar refractivity (Wildman–Crippen MR) is 65.1 cm³/mol. The summed E-state index contributed by atoms with van der Waals surface area (Å²) in [6.45, 7) is 1.35. The maximum absolute atomic E-state index is 8.66. The molecule has 0 saturated carbocycles. The van der Waals surface area contributed by atoms with Crippen molar-refractivity contribution in [2.45, 2.75) is 13.3 Å². The number of aliphatic hydroxyl groups is 3. The molecule has 15 nitrogen and oxygen atoms in total. The zero-order valence-corrected chi connectivity index (χ0v) is 10.7. The van der Waals surface area contributed by atoms with Gasteiger partial charge in [-0.15, -0.1) is 0 Å². The van der Waals surface area contributed by atoms with Crippen molar-refractivity contribution in [1.82, 2.24) is 0 Å². The van der Waals surface area contributed by atoms with E-state index in [1.807, 2.05) is 6.92 Å². The number of aliphatic hydroxyl groups excluding tert-OH is 3. The summed E-state index contributed by atoms with van der Waals surface area (Å²) in [6, 6.07) is 0. The Labute approximate surface area is 116 Å². The van der Waals surface area contributed by atoms with Crippen LogP contribution in [0.25, 0.3) is 0 Å². The molecular formula is C6H14N3O12-3. The second kappa shape index (κ2) is 17.5. The van der Waals surface area contributed by atoms with Gasteiger partial charge in [-0.25, -0.2) is 0 Å². The van der Waals surface area contributed by atoms with Gasteiger partial charge in [0.05, 0.1) is 35.1 Å². The highest BCUT2D eigenvalue weighted by atomic mass is 16.9. The molecule has 0 aromatic carbocycles. The Bertz CT molecular complexity index is 222. The highest BCUT2D eigenvalue weighted by molar-refractivity contribution is 4.74. The summed E-state index contributed by atoms with van der Waals surface area (Å²) in [4.78, 5) is 24.8. The Kier molecular flexibility index (Phi) is 22.4. The minimum absolute atomic E-state index is 0.156. The summed E-state index contributed by atoms with van der Waals surface area (Å²) in [7, 11) is 0. The van der Waals surface area contributed by atoms with Crippen LogP contribution in [0, 0.1) is 51.4 Å². The van der Waals surface area contributed by atoms with Crippen molar-refractivity contribution >= 4 is 0 Å². The molecular weight excluding hydrogens is 306 g/mol. The minimum atomic E-state index is -1.75. The Morgan fingerprint density at radius 1 is 0.714 bits per heavy atom. The van der Waals surface area contributed by atoms with Gasteiger partial charge in [-0.1, -0.05) is 6.92 Å². The summed E-state index contributed by atoms with van der Waals surface area (Å²) in [5, 5.41) is 70.2. The van der Waals surface area contributed by atoms with Crippen molar-refractivity contribution in [3.63, 3.8) is 0 Å². The average Bonchev–Trinajstić information content (AvgIpc) is 2.30. The van der Waals surface area contributed by atoms with Gasteiger partial charge in [0.2, 0.25) is 0 Å². The van der Waals surface area contributed by atoms with Crippen LogP contribution in [0.1, 0.15) is 13.3 Å². The van der Waals surface area contributed by atoms with Crippen LogP contribution in [0.2, 0.25) is 0 Å². The third kappa shape index (κ3) is 46.6. The topological polar surface area (TPSA) is 259 Å². The van der Waals surface area contributed by atoms with Gasteiger partial charge in [-0.05, 0) is 6.42 Å². The molecule has 0 saturated heterocycles. The molecule has 0 bridgehead atoms. The van der Waals surface area contributed by atoms with Crippen LogP contribution < -0.4 is 0 Å². The summed E-state index contributed by atoms with van der Waals surface area (Å²) in [5.41, 5.74) is -0.667. The quantitative estimate of drug-likeness (QED) is 0.400. The normalized spacial score (nSPS) is 8.57. The van der Waals surface area contributed by atoms with Gasteiger partial charge in [-0.3, -0.25) is 0 Å². The van der Waals surface area contributed by atoms with E-state index in [9.17, 15) is 0 Å². The van der Waals surface area contributed by atoms with E-state index in [0.717, 1.165) is 0 Å². The molecule has 15 heteroatoms. The molecule has 0 rings (SSSR count). The van der Waals surface area contributed by atoms with Gasteiger partial charge < -0.3 is 61.3 Å². The third-order valence-electron chi connectivity index (χ3n) is 1.76. The molecule has 21 heavy (non-hydrogen) atoms. The van der Waals surface area contributed by atoms with Gasteiger partial charge in [0.25, 0.3) is 0 Å². The molecule has 0 aliphatic carbocycles. The van der Waals surface area contributed by atoms with E-state index in [0.29, 0.717) is 6.42 Å². The van der Waals surface area contributed by atoms with Crippen LogP contribution in [0.4, 0.5) is 0 Å². The monoisotopic (exact) mass is 320 g/mol. The Balaban J connectivity index is -0.000000102. The fraction of sp³-hybridized carbons (Fsp3) is 1.00. The highest BCUT2D eigenvalue weighted by Crippen LogP contribution is 2.18. The maximum Gasteiger partial charge on any atom is 0.0689 e. The molecule has 0 heterocycles. The summed E-state index contributed by atoms with van der Waals surface area (Å²) >= 11 is 0. The SMILES string of the molecule is CCC(CO)(CO)CO.O=[N+]([O-])[O-].O=[N+]([O-])[O-].O=[N+]([O-])[O-]. The molecule has 0 amide bonds. The van der Waals surface area contributed by atoms with Gasteiger partial charge in [-0.2, -0.15) is 0 Å². The fourth-order valence-electron chi connectivity index (χ4n) is 0.485. The molecule has 0 atom stereocenters. The first-order chi connectivity index (χ1) is 9.44. The molecule has 0 fully saturated rings. The van der Waals surface area contributed by atoms with Crippen molar-refractivity contribution in [3.8, 4) is 0 Å². The van der Waals surface area contributed by atoms with Crippen LogP contribution in [0.15, 0.2) is 0 Å². The smallest absolute Gasteiger partial charge is 0.0689 e. The highest BCUT2D eigenvalue weighted by Gasteiger charge is 2.24. The van der Waals surface area contributed by atoms with Crippen molar-refractivity contribution in [3.05, 3.63) is 46.0 Å². The first-order valence-electron chi connectivity index (χ1n) is 4.71.